The van der Waals surface area contributed by atoms with Crippen LogP contribution in [0.3, 0.4) is 0 Å². The van der Waals surface area contributed by atoms with E-state index >= 15 is 0 Å². The molecular weight excluding hydrogens is 392 g/mol. The van der Waals surface area contributed by atoms with E-state index < -0.39 is 0 Å². The van der Waals surface area contributed by atoms with Gasteiger partial charge in [0.05, 0.1) is 0 Å². The highest BCUT2D eigenvalue weighted by Gasteiger charge is 2.35. The van der Waals surface area contributed by atoms with Crippen LogP contribution in [0.2, 0.25) is 0 Å². The summed E-state index contributed by atoms with van der Waals surface area (Å²) >= 11 is 0. The van der Waals surface area contributed by atoms with Gasteiger partial charge in [0.25, 0.3) is 5.91 Å². The fourth-order valence-corrected chi connectivity index (χ4v) is 4.77. The number of rotatable bonds is 8. The zero-order valence-corrected chi connectivity index (χ0v) is 18.8. The van der Waals surface area contributed by atoms with Crippen LogP contribution in [0.1, 0.15) is 61.7 Å². The van der Waals surface area contributed by atoms with Crippen molar-refractivity contribution in [2.24, 2.45) is 11.8 Å². The van der Waals surface area contributed by atoms with E-state index in [0.717, 1.165) is 89.0 Å². The number of methoxy groups -OCH3 is 1. The van der Waals surface area contributed by atoms with Gasteiger partial charge in [0.2, 0.25) is 5.91 Å². The molecule has 2 aliphatic heterocycles. The van der Waals surface area contributed by atoms with Crippen LogP contribution in [0.25, 0.3) is 0 Å². The second-order valence-corrected chi connectivity index (χ2v) is 9.31. The maximum absolute atomic E-state index is 12.9. The van der Waals surface area contributed by atoms with Crippen LogP contribution in [0, 0.1) is 11.8 Å². The third kappa shape index (κ3) is 6.00. The summed E-state index contributed by atoms with van der Waals surface area (Å²) in [7, 11) is 1.75. The number of benzene rings is 1. The van der Waals surface area contributed by atoms with Crippen molar-refractivity contribution < 1.29 is 19.1 Å². The van der Waals surface area contributed by atoms with Crippen molar-refractivity contribution in [2.75, 3.05) is 39.9 Å². The Kier molecular flexibility index (Phi) is 7.49. The molecule has 0 bridgehead atoms. The molecule has 1 aromatic rings. The molecule has 0 aromatic heterocycles. The van der Waals surface area contributed by atoms with Gasteiger partial charge >= 0.3 is 0 Å². The fourth-order valence-electron chi connectivity index (χ4n) is 4.77. The van der Waals surface area contributed by atoms with Crippen LogP contribution >= 0.6 is 0 Å². The molecule has 6 nitrogen and oxygen atoms in total. The molecule has 1 aliphatic carbocycles. The van der Waals surface area contributed by atoms with Crippen LogP contribution in [-0.4, -0.2) is 67.6 Å². The van der Waals surface area contributed by atoms with E-state index in [-0.39, 0.29) is 12.0 Å². The molecule has 3 aliphatic rings. The van der Waals surface area contributed by atoms with Crippen LogP contribution in [0.4, 0.5) is 0 Å². The Labute approximate surface area is 185 Å². The topological polar surface area (TPSA) is 59.1 Å². The predicted octanol–water partition coefficient (Wildman–Crippen LogP) is 3.75. The van der Waals surface area contributed by atoms with Gasteiger partial charge in [-0.15, -0.1) is 0 Å². The molecule has 0 atom stereocenters. The second-order valence-electron chi connectivity index (χ2n) is 9.31. The van der Waals surface area contributed by atoms with E-state index in [9.17, 15) is 9.59 Å². The highest BCUT2D eigenvalue weighted by Crippen LogP contribution is 2.32. The molecule has 6 heteroatoms. The average Bonchev–Trinajstić information content (AvgIpc) is 3.65. The van der Waals surface area contributed by atoms with Crippen molar-refractivity contribution in [1.29, 1.82) is 0 Å². The van der Waals surface area contributed by atoms with Crippen molar-refractivity contribution in [3.63, 3.8) is 0 Å². The number of carbonyl (C=O) groups excluding carboxylic acids is 2. The zero-order chi connectivity index (χ0) is 21.6. The van der Waals surface area contributed by atoms with E-state index in [1.165, 1.54) is 6.42 Å². The quantitative estimate of drug-likeness (QED) is 0.592. The van der Waals surface area contributed by atoms with Gasteiger partial charge in [-0.2, -0.15) is 0 Å². The number of hydrogen-bond donors (Lipinski definition) is 0. The fraction of sp³-hybridized carbons (Fsp3) is 0.680. The van der Waals surface area contributed by atoms with E-state index in [4.69, 9.17) is 9.47 Å². The average molecular weight is 429 g/mol. The molecule has 0 spiro atoms. The van der Waals surface area contributed by atoms with E-state index in [2.05, 4.69) is 0 Å². The Morgan fingerprint density at radius 3 is 2.16 bits per heavy atom. The maximum Gasteiger partial charge on any atom is 0.253 e. The maximum atomic E-state index is 12.9. The summed E-state index contributed by atoms with van der Waals surface area (Å²) < 4.78 is 11.3. The number of nitrogens with zero attached hydrogens (tertiary/aromatic N) is 2. The smallest absolute Gasteiger partial charge is 0.253 e. The predicted molar refractivity (Wildman–Crippen MR) is 119 cm³/mol. The van der Waals surface area contributed by atoms with E-state index in [1.54, 1.807) is 7.11 Å². The van der Waals surface area contributed by atoms with Crippen LogP contribution < -0.4 is 4.74 Å². The summed E-state index contributed by atoms with van der Waals surface area (Å²) in [5, 5.41) is 0. The lowest BCUT2D eigenvalue weighted by Gasteiger charge is -2.33. The van der Waals surface area contributed by atoms with Gasteiger partial charge in [0.15, 0.2) is 0 Å². The summed E-state index contributed by atoms with van der Waals surface area (Å²) in [6.07, 6.45) is 8.47. The lowest BCUT2D eigenvalue weighted by molar-refractivity contribution is -0.134. The van der Waals surface area contributed by atoms with Gasteiger partial charge in [0, 0.05) is 64.2 Å². The van der Waals surface area contributed by atoms with Gasteiger partial charge in [-0.05, 0) is 68.7 Å². The van der Waals surface area contributed by atoms with Crippen LogP contribution in [0.5, 0.6) is 5.75 Å². The monoisotopic (exact) mass is 428 g/mol. The minimum absolute atomic E-state index is 0.119. The first-order valence-electron chi connectivity index (χ1n) is 12.0. The van der Waals surface area contributed by atoms with Crippen molar-refractivity contribution in [3.8, 4) is 5.75 Å². The van der Waals surface area contributed by atoms with E-state index in [1.807, 2.05) is 34.1 Å². The summed E-state index contributed by atoms with van der Waals surface area (Å²) in [4.78, 5) is 29.0. The largest absolute Gasteiger partial charge is 0.490 e. The number of amides is 2. The summed E-state index contributed by atoms with van der Waals surface area (Å²) in [6, 6.07) is 7.58. The lowest BCUT2D eigenvalue weighted by atomic mass is 9.92. The summed E-state index contributed by atoms with van der Waals surface area (Å²) in [6.45, 7) is 4.08. The minimum atomic E-state index is 0.119. The van der Waals surface area contributed by atoms with Crippen LogP contribution in [-0.2, 0) is 9.53 Å². The molecule has 0 radical (unpaired) electrons. The normalized spacial score (nSPS) is 20.7. The highest BCUT2D eigenvalue weighted by molar-refractivity contribution is 5.94. The highest BCUT2D eigenvalue weighted by atomic mass is 16.5. The summed E-state index contributed by atoms with van der Waals surface area (Å²) in [5.41, 5.74) is 0.732. The Morgan fingerprint density at radius 1 is 0.903 bits per heavy atom. The number of ether oxygens (including phenoxy) is 2. The number of hydrogen-bond acceptors (Lipinski definition) is 4. The second kappa shape index (κ2) is 10.5. The first-order chi connectivity index (χ1) is 15.1. The Hall–Kier alpha value is -2.08. The molecule has 3 fully saturated rings. The van der Waals surface area contributed by atoms with Gasteiger partial charge in [-0.25, -0.2) is 0 Å². The Morgan fingerprint density at radius 2 is 1.55 bits per heavy atom. The van der Waals surface area contributed by atoms with Gasteiger partial charge in [-0.3, -0.25) is 9.59 Å². The molecule has 31 heavy (non-hydrogen) atoms. The van der Waals surface area contributed by atoms with Crippen LogP contribution in [0.15, 0.2) is 24.3 Å². The zero-order valence-electron chi connectivity index (χ0n) is 18.8. The standard InChI is InChI=1S/C25H36N2O4/c1-30-18-2-3-19-10-14-26(15-11-19)25(29)21-6-8-22(9-7-21)31-23-12-16-27(17-13-23)24(28)20-4-5-20/h6-9,19-20,23H,2-5,10-18H2,1H3. The molecule has 2 amide bonds. The van der Waals surface area contributed by atoms with Gasteiger partial charge in [0.1, 0.15) is 11.9 Å². The molecule has 4 rings (SSSR count). The number of piperidine rings is 2. The number of carbonyl (C=O) groups is 2. The molecule has 0 N–H and O–H groups in total. The molecule has 1 saturated carbocycles. The Balaban J connectivity index is 1.20. The Bertz CT molecular complexity index is 730. The third-order valence-electron chi connectivity index (χ3n) is 6.95. The van der Waals surface area contributed by atoms with Crippen molar-refractivity contribution in [1.82, 2.24) is 9.80 Å². The molecule has 0 unspecified atom stereocenters. The van der Waals surface area contributed by atoms with Crippen molar-refractivity contribution in [3.05, 3.63) is 29.8 Å². The first kappa shape index (κ1) is 22.1. The van der Waals surface area contributed by atoms with Gasteiger partial charge in [-0.1, -0.05) is 0 Å². The SMILES string of the molecule is COCCCC1CCN(C(=O)c2ccc(OC3CCN(C(=O)C4CC4)CC3)cc2)CC1. The van der Waals surface area contributed by atoms with Gasteiger partial charge < -0.3 is 19.3 Å². The van der Waals surface area contributed by atoms with Crippen molar-refractivity contribution >= 4 is 11.8 Å². The van der Waals surface area contributed by atoms with E-state index in [0.29, 0.717) is 17.7 Å². The molecule has 2 heterocycles. The molecule has 170 valence electrons. The lowest BCUT2D eigenvalue weighted by Crippen LogP contribution is -2.42. The molecule has 2 saturated heterocycles. The first-order valence-corrected chi connectivity index (χ1v) is 12.0. The number of likely N-dealkylation sites (tertiary alicyclic amines) is 2. The van der Waals surface area contributed by atoms with Crippen molar-refractivity contribution in [2.45, 2.75) is 57.5 Å². The minimum Gasteiger partial charge on any atom is -0.490 e. The summed E-state index contributed by atoms with van der Waals surface area (Å²) in [5.74, 6) is 2.26. The third-order valence-corrected chi connectivity index (χ3v) is 6.95. The molecule has 1 aromatic carbocycles. The molecular formula is C25H36N2O4.